The van der Waals surface area contributed by atoms with Crippen LogP contribution in [0.3, 0.4) is 0 Å². The molecule has 7 heteroatoms. The van der Waals surface area contributed by atoms with Crippen LogP contribution in [0.25, 0.3) is 21.9 Å². The van der Waals surface area contributed by atoms with E-state index in [0.717, 1.165) is 51.7 Å². The molecule has 36 heavy (non-hydrogen) atoms. The number of hydrogen-bond donors (Lipinski definition) is 2. The number of nitrogens with one attached hydrogen (secondary N) is 2. The zero-order chi connectivity index (χ0) is 24.9. The van der Waals surface area contributed by atoms with E-state index in [-0.39, 0.29) is 23.8 Å². The molecule has 4 aromatic rings. The lowest BCUT2D eigenvalue weighted by atomic mass is 9.98. The van der Waals surface area contributed by atoms with E-state index in [4.69, 9.17) is 4.74 Å². The monoisotopic (exact) mass is 499 g/mol. The quantitative estimate of drug-likeness (QED) is 0.317. The SMILES string of the molecule is CCC(NC(=O)c1ccc2cnccc2c1)c1cccc(-c2csc(NC(=O)C3CCOCC3)c2)c1. The predicted octanol–water partition coefficient (Wildman–Crippen LogP) is 6.21. The fourth-order valence-electron chi connectivity index (χ4n) is 4.56. The Balaban J connectivity index is 1.28. The van der Waals surface area contributed by atoms with Crippen LogP contribution in [0.4, 0.5) is 5.00 Å². The Labute approximate surface area is 214 Å². The molecule has 1 fully saturated rings. The van der Waals surface area contributed by atoms with Gasteiger partial charge in [-0.15, -0.1) is 11.3 Å². The molecule has 0 aliphatic carbocycles. The zero-order valence-electron chi connectivity index (χ0n) is 20.2. The first-order chi connectivity index (χ1) is 17.6. The first-order valence-electron chi connectivity index (χ1n) is 12.3. The van der Waals surface area contributed by atoms with Crippen molar-refractivity contribution in [2.45, 2.75) is 32.2 Å². The predicted molar refractivity (Wildman–Crippen MR) is 144 cm³/mol. The average molecular weight is 500 g/mol. The van der Waals surface area contributed by atoms with Gasteiger partial charge in [-0.25, -0.2) is 0 Å². The number of benzene rings is 2. The Morgan fingerprint density at radius 1 is 1.06 bits per heavy atom. The number of rotatable bonds is 7. The van der Waals surface area contributed by atoms with Gasteiger partial charge in [-0.1, -0.05) is 31.2 Å². The number of ether oxygens (including phenoxy) is 1. The van der Waals surface area contributed by atoms with Gasteiger partial charge < -0.3 is 15.4 Å². The largest absolute Gasteiger partial charge is 0.381 e. The van der Waals surface area contributed by atoms with Gasteiger partial charge in [0, 0.05) is 47.9 Å². The molecule has 0 spiro atoms. The fraction of sp³-hybridized carbons (Fsp3) is 0.276. The molecule has 2 aromatic heterocycles. The molecule has 0 saturated carbocycles. The number of carbonyl (C=O) groups is 2. The van der Waals surface area contributed by atoms with Crippen molar-refractivity contribution in [2.24, 2.45) is 5.92 Å². The minimum atomic E-state index is -0.114. The minimum Gasteiger partial charge on any atom is -0.381 e. The van der Waals surface area contributed by atoms with Crippen molar-refractivity contribution in [3.8, 4) is 11.1 Å². The Bertz CT molecular complexity index is 1380. The molecule has 0 bridgehead atoms. The molecule has 5 rings (SSSR count). The van der Waals surface area contributed by atoms with Crippen molar-refractivity contribution < 1.29 is 14.3 Å². The first kappa shape index (κ1) is 24.2. The van der Waals surface area contributed by atoms with Crippen LogP contribution in [0.15, 0.2) is 72.4 Å². The lowest BCUT2D eigenvalue weighted by molar-refractivity contribution is -0.122. The van der Waals surface area contributed by atoms with Crippen molar-refractivity contribution in [1.82, 2.24) is 10.3 Å². The highest BCUT2D eigenvalue weighted by Gasteiger charge is 2.22. The number of hydrogen-bond acceptors (Lipinski definition) is 5. The highest BCUT2D eigenvalue weighted by atomic mass is 32.1. The molecule has 1 atom stereocenters. The van der Waals surface area contributed by atoms with E-state index in [1.807, 2.05) is 42.5 Å². The van der Waals surface area contributed by atoms with Crippen LogP contribution in [0.1, 0.15) is 48.1 Å². The first-order valence-corrected chi connectivity index (χ1v) is 13.2. The van der Waals surface area contributed by atoms with Crippen LogP contribution in [0.5, 0.6) is 0 Å². The lowest BCUT2D eigenvalue weighted by Gasteiger charge is -2.20. The summed E-state index contributed by atoms with van der Waals surface area (Å²) in [7, 11) is 0. The third kappa shape index (κ3) is 5.48. The van der Waals surface area contributed by atoms with Crippen molar-refractivity contribution in [1.29, 1.82) is 0 Å². The van der Waals surface area contributed by atoms with Crippen LogP contribution in [0.2, 0.25) is 0 Å². The van der Waals surface area contributed by atoms with E-state index < -0.39 is 0 Å². The highest BCUT2D eigenvalue weighted by molar-refractivity contribution is 7.14. The van der Waals surface area contributed by atoms with Gasteiger partial charge in [-0.3, -0.25) is 14.6 Å². The maximum atomic E-state index is 13.0. The van der Waals surface area contributed by atoms with Gasteiger partial charge in [0.15, 0.2) is 0 Å². The summed E-state index contributed by atoms with van der Waals surface area (Å²) in [5.74, 6) is -0.0143. The van der Waals surface area contributed by atoms with Gasteiger partial charge >= 0.3 is 0 Å². The van der Waals surface area contributed by atoms with Crippen LogP contribution in [0, 0.1) is 5.92 Å². The summed E-state index contributed by atoms with van der Waals surface area (Å²) in [4.78, 5) is 29.8. The number of carbonyl (C=O) groups excluding carboxylic acids is 2. The topological polar surface area (TPSA) is 80.3 Å². The summed E-state index contributed by atoms with van der Waals surface area (Å²) in [5.41, 5.74) is 3.79. The normalized spacial score (nSPS) is 14.9. The molecule has 2 N–H and O–H groups in total. The number of pyridine rings is 1. The molecule has 6 nitrogen and oxygen atoms in total. The molecule has 1 aliphatic rings. The second-order valence-corrected chi connectivity index (χ2v) is 9.98. The number of aromatic nitrogens is 1. The molecular weight excluding hydrogens is 470 g/mol. The summed E-state index contributed by atoms with van der Waals surface area (Å²) >= 11 is 1.53. The van der Waals surface area contributed by atoms with Gasteiger partial charge in [0.25, 0.3) is 5.91 Å². The van der Waals surface area contributed by atoms with E-state index in [1.54, 1.807) is 12.4 Å². The summed E-state index contributed by atoms with van der Waals surface area (Å²) in [6.45, 7) is 3.36. The third-order valence-corrected chi connectivity index (χ3v) is 7.52. The Hall–Kier alpha value is -3.55. The fourth-order valence-corrected chi connectivity index (χ4v) is 5.37. The van der Waals surface area contributed by atoms with Crippen LogP contribution < -0.4 is 10.6 Å². The molecule has 3 heterocycles. The second-order valence-electron chi connectivity index (χ2n) is 9.07. The summed E-state index contributed by atoms with van der Waals surface area (Å²) in [5, 5.41) is 11.2. The number of thiophene rings is 1. The van der Waals surface area contributed by atoms with Crippen LogP contribution in [-0.4, -0.2) is 30.0 Å². The summed E-state index contributed by atoms with van der Waals surface area (Å²) in [6, 6.07) is 17.7. The van der Waals surface area contributed by atoms with E-state index in [2.05, 4.69) is 40.1 Å². The van der Waals surface area contributed by atoms with Crippen molar-refractivity contribution in [2.75, 3.05) is 18.5 Å². The van der Waals surface area contributed by atoms with Gasteiger partial charge in [0.1, 0.15) is 0 Å². The molecule has 2 aromatic carbocycles. The van der Waals surface area contributed by atoms with Gasteiger partial charge in [-0.2, -0.15) is 0 Å². The molecule has 1 saturated heterocycles. The number of amides is 2. The van der Waals surface area contributed by atoms with Crippen molar-refractivity contribution >= 4 is 38.9 Å². The van der Waals surface area contributed by atoms with E-state index in [9.17, 15) is 9.59 Å². The lowest BCUT2D eigenvalue weighted by Crippen LogP contribution is -2.28. The highest BCUT2D eigenvalue weighted by Crippen LogP contribution is 2.32. The number of nitrogens with zero attached hydrogens (tertiary/aromatic N) is 1. The van der Waals surface area contributed by atoms with Crippen LogP contribution in [-0.2, 0) is 9.53 Å². The summed E-state index contributed by atoms with van der Waals surface area (Å²) < 4.78 is 5.36. The van der Waals surface area contributed by atoms with E-state index >= 15 is 0 Å². The van der Waals surface area contributed by atoms with Crippen molar-refractivity contribution in [3.63, 3.8) is 0 Å². The van der Waals surface area contributed by atoms with Crippen molar-refractivity contribution in [3.05, 3.63) is 83.5 Å². The second kappa shape index (κ2) is 11.0. The van der Waals surface area contributed by atoms with E-state index in [1.165, 1.54) is 11.3 Å². The molecule has 2 amide bonds. The van der Waals surface area contributed by atoms with Crippen LogP contribution >= 0.6 is 11.3 Å². The maximum Gasteiger partial charge on any atom is 0.251 e. The minimum absolute atomic E-state index is 0.0146. The van der Waals surface area contributed by atoms with Gasteiger partial charge in [0.2, 0.25) is 5.91 Å². The third-order valence-electron chi connectivity index (χ3n) is 6.68. The Kier molecular flexibility index (Phi) is 7.39. The standard InChI is InChI=1S/C29H29N3O3S/c1-2-26(31-29(34)23-6-7-24-17-30-11-8-21(24)15-23)22-5-3-4-20(14-22)25-16-27(36-18-25)32-28(33)19-9-12-35-13-10-19/h3-8,11,14-19,26H,2,9-10,12-13H2,1H3,(H,31,34)(H,32,33). The Morgan fingerprint density at radius 3 is 2.75 bits per heavy atom. The molecule has 1 unspecified atom stereocenters. The smallest absolute Gasteiger partial charge is 0.251 e. The number of anilines is 1. The maximum absolute atomic E-state index is 13.0. The molecule has 184 valence electrons. The summed E-state index contributed by atoms with van der Waals surface area (Å²) in [6.07, 6.45) is 5.84. The number of fused-ring (bicyclic) bond motifs is 1. The van der Waals surface area contributed by atoms with Gasteiger partial charge in [-0.05, 0) is 71.7 Å². The molecular formula is C29H29N3O3S. The molecule has 0 radical (unpaired) electrons. The average Bonchev–Trinajstić information content (AvgIpc) is 3.40. The zero-order valence-corrected chi connectivity index (χ0v) is 21.0. The Morgan fingerprint density at radius 2 is 1.92 bits per heavy atom. The van der Waals surface area contributed by atoms with E-state index in [0.29, 0.717) is 18.8 Å². The van der Waals surface area contributed by atoms with Gasteiger partial charge in [0.05, 0.1) is 11.0 Å². The molecule has 1 aliphatic heterocycles.